The molecule has 3 fully saturated rings. The molecule has 2 unspecified atom stereocenters. The van der Waals surface area contributed by atoms with Crippen molar-refractivity contribution in [1.82, 2.24) is 14.2 Å². The Bertz CT molecular complexity index is 1060. The number of pyridine rings is 1. The second-order valence-corrected chi connectivity index (χ2v) is 10.0. The molecule has 4 rings (SSSR count). The van der Waals surface area contributed by atoms with Crippen molar-refractivity contribution >= 4 is 27.6 Å². The lowest BCUT2D eigenvalue weighted by atomic mass is 9.72. The average molecular weight is 436 g/mol. The van der Waals surface area contributed by atoms with Gasteiger partial charge in [0.05, 0.1) is 12.6 Å². The summed E-state index contributed by atoms with van der Waals surface area (Å²) in [5.41, 5.74) is 3.51. The smallest absolute Gasteiger partial charge is 0.268 e. The number of rotatable bonds is 4. The molecule has 11 heteroatoms. The summed E-state index contributed by atoms with van der Waals surface area (Å²) in [4.78, 5) is 53.7. The van der Waals surface area contributed by atoms with Gasteiger partial charge in [0, 0.05) is 12.7 Å². The van der Waals surface area contributed by atoms with Crippen molar-refractivity contribution in [3.8, 4) is 0 Å². The number of likely N-dealkylation sites (tertiary alicyclic amines) is 1. The minimum atomic E-state index is -4.22. The van der Waals surface area contributed by atoms with Crippen LogP contribution in [0.4, 0.5) is 0 Å². The summed E-state index contributed by atoms with van der Waals surface area (Å²) >= 11 is 0. The Morgan fingerprint density at radius 3 is 2.50 bits per heavy atom. The lowest BCUT2D eigenvalue weighted by Crippen LogP contribution is -2.55. The van der Waals surface area contributed by atoms with E-state index in [0.717, 1.165) is 10.7 Å². The van der Waals surface area contributed by atoms with Gasteiger partial charge in [0.25, 0.3) is 5.56 Å². The molecule has 1 saturated carbocycles. The van der Waals surface area contributed by atoms with Gasteiger partial charge < -0.3 is 15.6 Å². The van der Waals surface area contributed by atoms with Crippen LogP contribution in [0.15, 0.2) is 28.0 Å². The summed E-state index contributed by atoms with van der Waals surface area (Å²) in [6.07, 6.45) is 4.55. The minimum absolute atomic E-state index is 0.159. The number of aromatic nitrogens is 1. The van der Waals surface area contributed by atoms with Crippen molar-refractivity contribution in [2.75, 3.05) is 13.1 Å². The zero-order valence-electron chi connectivity index (χ0n) is 16.4. The average Bonchev–Trinajstić information content (AvgIpc) is 3.29. The summed E-state index contributed by atoms with van der Waals surface area (Å²) in [6, 6.07) is 0.856. The van der Waals surface area contributed by atoms with Gasteiger partial charge in [0.15, 0.2) is 5.78 Å². The van der Waals surface area contributed by atoms with Crippen LogP contribution in [-0.2, 0) is 24.4 Å². The fourth-order valence-electron chi connectivity index (χ4n) is 5.05. The Morgan fingerprint density at radius 2 is 1.87 bits per heavy atom. The molecule has 3 N–H and O–H groups in total. The second-order valence-electron chi connectivity index (χ2n) is 8.19. The molecule has 2 atom stereocenters. The zero-order chi connectivity index (χ0) is 21.7. The van der Waals surface area contributed by atoms with E-state index < -0.39 is 62.1 Å². The highest BCUT2D eigenvalue weighted by Crippen LogP contribution is 2.41. The molecule has 2 aliphatic heterocycles. The molecule has 1 aromatic rings. The third-order valence-corrected chi connectivity index (χ3v) is 8.49. The Balaban J connectivity index is 1.65. The van der Waals surface area contributed by atoms with Crippen LogP contribution < -0.4 is 11.3 Å². The van der Waals surface area contributed by atoms with E-state index in [-0.39, 0.29) is 13.0 Å². The van der Waals surface area contributed by atoms with E-state index in [4.69, 9.17) is 5.73 Å². The van der Waals surface area contributed by atoms with Crippen molar-refractivity contribution in [3.05, 3.63) is 28.7 Å². The van der Waals surface area contributed by atoms with Crippen LogP contribution >= 0.6 is 0 Å². The second kappa shape index (κ2) is 7.31. The van der Waals surface area contributed by atoms with Crippen LogP contribution in [0.1, 0.15) is 38.5 Å². The predicted molar refractivity (Wildman–Crippen MR) is 105 cm³/mol. The number of nitrogens with one attached hydrogen (secondary N) is 1. The van der Waals surface area contributed by atoms with Crippen LogP contribution in [0, 0.1) is 5.41 Å². The van der Waals surface area contributed by atoms with E-state index in [1.54, 1.807) is 0 Å². The molecule has 0 radical (unpaired) electrons. The van der Waals surface area contributed by atoms with Gasteiger partial charge in [-0.2, -0.15) is 4.31 Å². The number of carbonyl (C=O) groups excluding carboxylic acids is 3. The number of hydrogen-bond donors (Lipinski definition) is 2. The Morgan fingerprint density at radius 1 is 1.17 bits per heavy atom. The van der Waals surface area contributed by atoms with Crippen molar-refractivity contribution in [2.24, 2.45) is 11.1 Å². The molecule has 30 heavy (non-hydrogen) atoms. The van der Waals surface area contributed by atoms with Gasteiger partial charge in [-0.15, -0.1) is 0 Å². The molecule has 2 saturated heterocycles. The molecule has 0 aromatic carbocycles. The zero-order valence-corrected chi connectivity index (χ0v) is 17.2. The number of aromatic amines is 1. The van der Waals surface area contributed by atoms with Crippen LogP contribution in [-0.4, -0.2) is 65.4 Å². The minimum Gasteiger partial charge on any atom is -0.369 e. The number of amides is 2. The summed E-state index contributed by atoms with van der Waals surface area (Å²) in [7, 11) is -4.22. The van der Waals surface area contributed by atoms with Crippen LogP contribution in [0.2, 0.25) is 0 Å². The van der Waals surface area contributed by atoms with Gasteiger partial charge in [-0.1, -0.05) is 19.3 Å². The summed E-state index contributed by atoms with van der Waals surface area (Å²) in [5, 5.41) is 0. The largest absolute Gasteiger partial charge is 0.369 e. The van der Waals surface area contributed by atoms with E-state index in [0.29, 0.717) is 25.7 Å². The number of hydrogen-bond acceptors (Lipinski definition) is 6. The SMILES string of the molecule is NC(=O)C1(C(=O)N2CCC3C2C(=O)CN3S(=O)(=O)c2ccc[nH]c2=O)CCCCC1. The highest BCUT2D eigenvalue weighted by Gasteiger charge is 2.57. The van der Waals surface area contributed by atoms with Gasteiger partial charge in [0.2, 0.25) is 21.8 Å². The number of nitrogens with two attached hydrogens (primary N) is 1. The van der Waals surface area contributed by atoms with E-state index in [2.05, 4.69) is 4.98 Å². The number of nitrogens with zero attached hydrogens (tertiary/aromatic N) is 2. The van der Waals surface area contributed by atoms with E-state index in [1.807, 2.05) is 0 Å². The first-order valence-corrected chi connectivity index (χ1v) is 11.5. The van der Waals surface area contributed by atoms with Crippen molar-refractivity contribution in [2.45, 2.75) is 55.5 Å². The van der Waals surface area contributed by atoms with Gasteiger partial charge in [-0.3, -0.25) is 19.2 Å². The number of sulfonamides is 1. The molecular weight excluding hydrogens is 412 g/mol. The summed E-state index contributed by atoms with van der Waals surface area (Å²) in [6.45, 7) is -0.258. The third-order valence-electron chi connectivity index (χ3n) is 6.60. The number of carbonyl (C=O) groups is 3. The molecule has 162 valence electrons. The highest BCUT2D eigenvalue weighted by molar-refractivity contribution is 7.89. The quantitative estimate of drug-likeness (QED) is 0.599. The maximum absolute atomic E-state index is 13.4. The van der Waals surface area contributed by atoms with Gasteiger partial charge in [-0.25, -0.2) is 8.42 Å². The molecule has 0 spiro atoms. The molecule has 10 nitrogen and oxygen atoms in total. The first kappa shape index (κ1) is 20.7. The van der Waals surface area contributed by atoms with E-state index >= 15 is 0 Å². The number of fused-ring (bicyclic) bond motifs is 1. The number of H-pyrrole nitrogens is 1. The van der Waals surface area contributed by atoms with Crippen LogP contribution in [0.25, 0.3) is 0 Å². The highest BCUT2D eigenvalue weighted by atomic mass is 32.2. The lowest BCUT2D eigenvalue weighted by Gasteiger charge is -2.37. The predicted octanol–water partition coefficient (Wildman–Crippen LogP) is -0.646. The molecule has 2 amide bonds. The fourth-order valence-corrected chi connectivity index (χ4v) is 6.72. The third kappa shape index (κ3) is 2.99. The van der Waals surface area contributed by atoms with Gasteiger partial charge in [-0.05, 0) is 31.4 Å². The van der Waals surface area contributed by atoms with Gasteiger partial charge in [0.1, 0.15) is 16.4 Å². The first-order chi connectivity index (χ1) is 14.2. The molecular formula is C19H24N4O6S. The fraction of sp³-hybridized carbons (Fsp3) is 0.579. The van der Waals surface area contributed by atoms with E-state index in [9.17, 15) is 27.6 Å². The van der Waals surface area contributed by atoms with Crippen molar-refractivity contribution in [3.63, 3.8) is 0 Å². The Hall–Kier alpha value is -2.53. The number of Topliss-reactive ketones (excluding diaryl/α,β-unsaturated/α-hetero) is 1. The molecule has 0 bridgehead atoms. The Labute approximate surface area is 173 Å². The monoisotopic (exact) mass is 436 g/mol. The molecule has 1 aliphatic carbocycles. The lowest BCUT2D eigenvalue weighted by molar-refractivity contribution is -0.154. The Kier molecular flexibility index (Phi) is 5.05. The van der Waals surface area contributed by atoms with Crippen molar-refractivity contribution in [1.29, 1.82) is 0 Å². The summed E-state index contributed by atoms with van der Waals surface area (Å²) in [5.74, 6) is -1.59. The first-order valence-electron chi connectivity index (χ1n) is 10.0. The topological polar surface area (TPSA) is 151 Å². The maximum Gasteiger partial charge on any atom is 0.268 e. The molecule has 3 aliphatic rings. The van der Waals surface area contributed by atoms with E-state index in [1.165, 1.54) is 23.2 Å². The van der Waals surface area contributed by atoms with Crippen LogP contribution in [0.5, 0.6) is 0 Å². The molecule has 3 heterocycles. The standard InChI is InChI=1S/C19H24N4O6S/c20-17(26)19(7-2-1-3-8-19)18(27)22-10-6-12-15(22)13(24)11-23(12)30(28,29)14-5-4-9-21-16(14)25/h4-5,9,12,15H,1-3,6-8,10-11H2,(H2,20,26)(H,21,25). The maximum atomic E-state index is 13.4. The normalized spacial score (nSPS) is 26.5. The number of ketones is 1. The number of primary amides is 1. The van der Waals surface area contributed by atoms with Gasteiger partial charge >= 0.3 is 0 Å². The summed E-state index contributed by atoms with van der Waals surface area (Å²) < 4.78 is 27.1. The van der Waals surface area contributed by atoms with Crippen LogP contribution in [0.3, 0.4) is 0 Å². The molecule has 1 aromatic heterocycles. The van der Waals surface area contributed by atoms with Crippen molar-refractivity contribution < 1.29 is 22.8 Å².